The third-order valence-corrected chi connectivity index (χ3v) is 4.71. The molecule has 1 atom stereocenters. The lowest BCUT2D eigenvalue weighted by Gasteiger charge is -2.33. The summed E-state index contributed by atoms with van der Waals surface area (Å²) in [4.78, 5) is 18.7. The summed E-state index contributed by atoms with van der Waals surface area (Å²) < 4.78 is 0. The zero-order valence-corrected chi connectivity index (χ0v) is 15.2. The molecule has 25 heavy (non-hydrogen) atoms. The molecule has 2 heterocycles. The summed E-state index contributed by atoms with van der Waals surface area (Å²) in [6.07, 6.45) is 4.26. The van der Waals surface area contributed by atoms with Crippen molar-refractivity contribution in [1.29, 1.82) is 0 Å². The lowest BCUT2D eigenvalue weighted by Crippen LogP contribution is -2.45. The summed E-state index contributed by atoms with van der Waals surface area (Å²) in [5, 5.41) is 7.13. The molecule has 0 saturated carbocycles. The molecule has 0 aliphatic carbocycles. The van der Waals surface area contributed by atoms with Crippen molar-refractivity contribution >= 4 is 16.9 Å². The van der Waals surface area contributed by atoms with Crippen molar-refractivity contribution in [3.63, 3.8) is 0 Å². The molecule has 5 nitrogen and oxygen atoms in total. The zero-order valence-electron chi connectivity index (χ0n) is 15.2. The molecule has 134 valence electrons. The van der Waals surface area contributed by atoms with E-state index in [1.54, 1.807) is 0 Å². The van der Waals surface area contributed by atoms with Crippen LogP contribution in [0.1, 0.15) is 32.3 Å². The van der Waals surface area contributed by atoms with Crippen molar-refractivity contribution in [2.24, 2.45) is 5.92 Å². The first-order valence-electron chi connectivity index (χ1n) is 9.21. The summed E-state index contributed by atoms with van der Waals surface area (Å²) in [6, 6.07) is 10.6. The third kappa shape index (κ3) is 4.92. The first-order chi connectivity index (χ1) is 12.1. The van der Waals surface area contributed by atoms with Gasteiger partial charge in [-0.3, -0.25) is 9.88 Å². The topological polar surface area (TPSA) is 57.3 Å². The number of aromatic nitrogens is 1. The number of fused-ring (bicyclic) bond motifs is 1. The number of hydrogen-bond acceptors (Lipinski definition) is 3. The Morgan fingerprint density at radius 1 is 1.32 bits per heavy atom. The number of nitrogens with zero attached hydrogens (tertiary/aromatic N) is 2. The van der Waals surface area contributed by atoms with Crippen LogP contribution in [0.15, 0.2) is 36.5 Å². The van der Waals surface area contributed by atoms with Gasteiger partial charge >= 0.3 is 6.03 Å². The second-order valence-electron chi connectivity index (χ2n) is 7.24. The fourth-order valence-electron chi connectivity index (χ4n) is 3.55. The summed E-state index contributed by atoms with van der Waals surface area (Å²) in [5.74, 6) is 0.514. The van der Waals surface area contributed by atoms with E-state index >= 15 is 0 Å². The molecule has 1 aliphatic heterocycles. The van der Waals surface area contributed by atoms with Gasteiger partial charge in [-0.1, -0.05) is 18.2 Å². The lowest BCUT2D eigenvalue weighted by atomic mass is 9.97. The van der Waals surface area contributed by atoms with E-state index in [-0.39, 0.29) is 12.1 Å². The van der Waals surface area contributed by atoms with Gasteiger partial charge in [-0.25, -0.2) is 4.79 Å². The van der Waals surface area contributed by atoms with Gasteiger partial charge in [0.1, 0.15) is 0 Å². The van der Waals surface area contributed by atoms with Crippen molar-refractivity contribution < 1.29 is 4.79 Å². The molecule has 1 aromatic carbocycles. The number of amides is 2. The second-order valence-corrected chi connectivity index (χ2v) is 7.24. The minimum atomic E-state index is -0.0627. The van der Waals surface area contributed by atoms with Crippen LogP contribution in [0.3, 0.4) is 0 Å². The monoisotopic (exact) mass is 340 g/mol. The Balaban J connectivity index is 1.57. The lowest BCUT2D eigenvalue weighted by molar-refractivity contribution is 0.165. The summed E-state index contributed by atoms with van der Waals surface area (Å²) in [7, 11) is 0. The number of rotatable bonds is 5. The number of likely N-dealkylation sites (tertiary alicyclic amines) is 1. The predicted molar refractivity (Wildman–Crippen MR) is 101 cm³/mol. The summed E-state index contributed by atoms with van der Waals surface area (Å²) in [5.41, 5.74) is 2.39. The number of nitrogens with one attached hydrogen (secondary N) is 2. The molecular formula is C20H28N4O. The first-order valence-corrected chi connectivity index (χ1v) is 9.21. The smallest absolute Gasteiger partial charge is 0.314 e. The minimum absolute atomic E-state index is 0.0627. The summed E-state index contributed by atoms with van der Waals surface area (Å²) in [6.45, 7) is 7.77. The van der Waals surface area contributed by atoms with Crippen LogP contribution in [0.2, 0.25) is 0 Å². The zero-order chi connectivity index (χ0) is 17.6. The fourth-order valence-corrected chi connectivity index (χ4v) is 3.55. The van der Waals surface area contributed by atoms with Crippen LogP contribution in [0.4, 0.5) is 4.79 Å². The molecule has 2 N–H and O–H groups in total. The van der Waals surface area contributed by atoms with Crippen LogP contribution < -0.4 is 10.6 Å². The van der Waals surface area contributed by atoms with Gasteiger partial charge in [-0.05, 0) is 56.8 Å². The highest BCUT2D eigenvalue weighted by Gasteiger charge is 2.21. The van der Waals surface area contributed by atoms with E-state index < -0.39 is 0 Å². The van der Waals surface area contributed by atoms with Gasteiger partial charge in [0.05, 0.1) is 5.52 Å². The van der Waals surface area contributed by atoms with Gasteiger partial charge in [0.25, 0.3) is 0 Å². The highest BCUT2D eigenvalue weighted by molar-refractivity contribution is 5.81. The second kappa shape index (κ2) is 8.30. The highest BCUT2D eigenvalue weighted by atomic mass is 16.2. The van der Waals surface area contributed by atoms with Crippen LogP contribution in [-0.4, -0.2) is 41.6 Å². The van der Waals surface area contributed by atoms with Crippen molar-refractivity contribution in [1.82, 2.24) is 20.5 Å². The van der Waals surface area contributed by atoms with Crippen molar-refractivity contribution in [3.05, 3.63) is 42.1 Å². The van der Waals surface area contributed by atoms with Crippen LogP contribution >= 0.6 is 0 Å². The Kier molecular flexibility index (Phi) is 5.87. The van der Waals surface area contributed by atoms with Crippen molar-refractivity contribution in [2.75, 3.05) is 19.6 Å². The Hall–Kier alpha value is -2.14. The maximum atomic E-state index is 11.8. The standard InChI is InChI=1S/C20H28N4O/c1-15(2)23-20(25)22-12-16-6-5-11-24(13-16)14-17-9-10-21-19-8-4-3-7-18(17)19/h3-4,7-10,15-16H,5-6,11-14H2,1-2H3,(H2,22,23,25)/t16-/m0/s1. The first kappa shape index (κ1) is 17.7. The van der Waals surface area contributed by atoms with E-state index in [2.05, 4.69) is 44.8 Å². The Morgan fingerprint density at radius 2 is 2.16 bits per heavy atom. The molecular weight excluding hydrogens is 312 g/mol. The number of urea groups is 1. The molecule has 5 heteroatoms. The molecule has 1 aliphatic rings. The number of hydrogen-bond donors (Lipinski definition) is 2. The average Bonchev–Trinajstić information content (AvgIpc) is 2.60. The van der Waals surface area contributed by atoms with Gasteiger partial charge in [-0.2, -0.15) is 0 Å². The van der Waals surface area contributed by atoms with E-state index in [0.717, 1.165) is 31.7 Å². The van der Waals surface area contributed by atoms with Crippen molar-refractivity contribution in [3.8, 4) is 0 Å². The van der Waals surface area contributed by atoms with Gasteiger partial charge in [-0.15, -0.1) is 0 Å². The van der Waals surface area contributed by atoms with Gasteiger partial charge in [0, 0.05) is 37.3 Å². The number of benzene rings is 1. The largest absolute Gasteiger partial charge is 0.338 e. The maximum absolute atomic E-state index is 11.8. The predicted octanol–water partition coefficient (Wildman–Crippen LogP) is 3.15. The van der Waals surface area contributed by atoms with Crippen LogP contribution in [-0.2, 0) is 6.54 Å². The molecule has 3 rings (SSSR count). The third-order valence-electron chi connectivity index (χ3n) is 4.71. The molecule has 0 unspecified atom stereocenters. The van der Waals surface area contributed by atoms with Gasteiger partial charge in [0.2, 0.25) is 0 Å². The van der Waals surface area contributed by atoms with E-state index in [0.29, 0.717) is 5.92 Å². The summed E-state index contributed by atoms with van der Waals surface area (Å²) >= 11 is 0. The number of pyridine rings is 1. The molecule has 0 spiro atoms. The molecule has 0 radical (unpaired) electrons. The molecule has 1 saturated heterocycles. The number of piperidine rings is 1. The fraction of sp³-hybridized carbons (Fsp3) is 0.500. The average molecular weight is 340 g/mol. The quantitative estimate of drug-likeness (QED) is 0.879. The van der Waals surface area contributed by atoms with E-state index in [9.17, 15) is 4.79 Å². The van der Waals surface area contributed by atoms with Gasteiger partial charge in [0.15, 0.2) is 0 Å². The minimum Gasteiger partial charge on any atom is -0.338 e. The van der Waals surface area contributed by atoms with E-state index in [1.807, 2.05) is 26.1 Å². The van der Waals surface area contributed by atoms with E-state index in [4.69, 9.17) is 0 Å². The van der Waals surface area contributed by atoms with E-state index in [1.165, 1.54) is 23.8 Å². The normalized spacial score (nSPS) is 18.4. The maximum Gasteiger partial charge on any atom is 0.314 e. The Labute approximate surface area is 149 Å². The Morgan fingerprint density at radius 3 is 3.00 bits per heavy atom. The van der Waals surface area contributed by atoms with Crippen LogP contribution in [0.5, 0.6) is 0 Å². The highest BCUT2D eigenvalue weighted by Crippen LogP contribution is 2.22. The SMILES string of the molecule is CC(C)NC(=O)NC[C@@H]1CCCN(Cc2ccnc3ccccc23)C1. The van der Waals surface area contributed by atoms with Crippen molar-refractivity contribution in [2.45, 2.75) is 39.3 Å². The molecule has 1 aromatic heterocycles. The van der Waals surface area contributed by atoms with Crippen LogP contribution in [0, 0.1) is 5.92 Å². The molecule has 2 aromatic rings. The Bertz CT molecular complexity index is 710. The van der Waals surface area contributed by atoms with Crippen LogP contribution in [0.25, 0.3) is 10.9 Å². The number of carbonyl (C=O) groups excluding carboxylic acids is 1. The number of para-hydroxylation sites is 1. The molecule has 1 fully saturated rings. The molecule has 0 bridgehead atoms. The number of carbonyl (C=O) groups is 1. The van der Waals surface area contributed by atoms with Gasteiger partial charge < -0.3 is 10.6 Å². The molecule has 2 amide bonds.